The third-order valence-electron chi connectivity index (χ3n) is 13.7. The molecular weight excluding hydrogens is 885 g/mol. The first kappa shape index (κ1) is 69.6. The summed E-state index contributed by atoms with van der Waals surface area (Å²) in [6.45, 7) is 34.0. The van der Waals surface area contributed by atoms with Crippen molar-refractivity contribution in [1.29, 1.82) is 0 Å². The molecule has 7 atom stereocenters. The van der Waals surface area contributed by atoms with E-state index in [2.05, 4.69) is 69.2 Å². The van der Waals surface area contributed by atoms with Crippen molar-refractivity contribution in [3.63, 3.8) is 0 Å². The summed E-state index contributed by atoms with van der Waals surface area (Å²) < 4.78 is 57.3. The Morgan fingerprint density at radius 3 is 0.757 bits per heavy atom. The molecule has 1 N–H and O–H groups in total. The summed E-state index contributed by atoms with van der Waals surface area (Å²) >= 11 is 0. The molecule has 0 bridgehead atoms. The predicted octanol–water partition coefficient (Wildman–Crippen LogP) is 13.4. The smallest absolute Gasteiger partial charge is 0.104 e. The summed E-state index contributed by atoms with van der Waals surface area (Å²) in [6, 6.07) is 0. The Morgan fingerprint density at radius 1 is 0.243 bits per heavy atom. The second kappa shape index (κ2) is 53.4. The van der Waals surface area contributed by atoms with Crippen LogP contribution in [0.15, 0.2) is 0 Å². The van der Waals surface area contributed by atoms with Crippen LogP contribution in [0.3, 0.4) is 0 Å². The van der Waals surface area contributed by atoms with Gasteiger partial charge in [0, 0.05) is 13.2 Å². The van der Waals surface area contributed by atoms with Crippen molar-refractivity contribution in [3.05, 3.63) is 0 Å². The van der Waals surface area contributed by atoms with E-state index in [1.165, 1.54) is 116 Å². The molecule has 11 nitrogen and oxygen atoms in total. The molecule has 0 aromatic carbocycles. The van der Waals surface area contributed by atoms with Gasteiger partial charge in [0.15, 0.2) is 0 Å². The second-order valence-electron chi connectivity index (χ2n) is 22.2. The van der Waals surface area contributed by atoms with E-state index >= 15 is 0 Å². The summed E-state index contributed by atoms with van der Waals surface area (Å²) in [7, 11) is 0. The van der Waals surface area contributed by atoms with Crippen LogP contribution in [0, 0.1) is 47.3 Å². The predicted molar refractivity (Wildman–Crippen MR) is 291 cm³/mol. The Bertz CT molecular complexity index is 1010. The number of aliphatic hydroxyl groups is 1. The molecule has 0 spiro atoms. The molecule has 0 amide bonds. The summed E-state index contributed by atoms with van der Waals surface area (Å²) in [5, 5.41) is 8.67. The number of hydrogen-bond acceptors (Lipinski definition) is 11. The molecule has 0 aliphatic rings. The van der Waals surface area contributed by atoms with Gasteiger partial charge in [-0.1, -0.05) is 185 Å². The highest BCUT2D eigenvalue weighted by atomic mass is 16.6. The van der Waals surface area contributed by atoms with Gasteiger partial charge in [-0.25, -0.2) is 0 Å². The number of aliphatic hydroxyl groups excluding tert-OH is 1. The Morgan fingerprint density at radius 2 is 0.471 bits per heavy atom. The molecule has 11 heteroatoms. The molecule has 0 fully saturated rings. The standard InChI is InChI=1S/C59H120O11/c1-51(2)17-11-19-53(5)21-13-23-55(7)25-15-27-57(9)29-32-68-49-59(70-33-30-58(10)28-16-26-56(8)24-14-22-54(6)20-12-18-52(3)4)50-69-48-47-67-46-45-66-44-43-65-42-41-64-40-39-63-38-37-62-36-35-61-34-31-60/h51-60H,11-50H2,1-10H3/t53-,54-,55-,56-,57?,58?,59-/m0/s1. The lowest BCUT2D eigenvalue weighted by Crippen LogP contribution is -2.28. The maximum atomic E-state index is 8.67. The van der Waals surface area contributed by atoms with E-state index in [0.29, 0.717) is 124 Å². The first-order valence-electron chi connectivity index (χ1n) is 29.3. The number of ether oxygens (including phenoxy) is 10. The van der Waals surface area contributed by atoms with Gasteiger partial charge in [-0.05, 0) is 60.2 Å². The van der Waals surface area contributed by atoms with Gasteiger partial charge >= 0.3 is 0 Å². The molecule has 2 unspecified atom stereocenters. The van der Waals surface area contributed by atoms with Crippen molar-refractivity contribution in [2.24, 2.45) is 47.3 Å². The van der Waals surface area contributed by atoms with Crippen LogP contribution in [0.5, 0.6) is 0 Å². The van der Waals surface area contributed by atoms with Gasteiger partial charge in [0.25, 0.3) is 0 Å². The van der Waals surface area contributed by atoms with Crippen LogP contribution in [-0.2, 0) is 47.4 Å². The fourth-order valence-corrected chi connectivity index (χ4v) is 8.77. The first-order valence-corrected chi connectivity index (χ1v) is 29.3. The molecule has 422 valence electrons. The summed E-state index contributed by atoms with van der Waals surface area (Å²) in [5.41, 5.74) is 0. The van der Waals surface area contributed by atoms with Crippen molar-refractivity contribution in [3.8, 4) is 0 Å². The van der Waals surface area contributed by atoms with Gasteiger partial charge < -0.3 is 52.5 Å². The van der Waals surface area contributed by atoms with Crippen LogP contribution in [0.25, 0.3) is 0 Å². The van der Waals surface area contributed by atoms with Crippen molar-refractivity contribution in [2.45, 2.75) is 204 Å². The first-order chi connectivity index (χ1) is 33.9. The molecule has 0 heterocycles. The molecule has 70 heavy (non-hydrogen) atoms. The maximum absolute atomic E-state index is 8.67. The molecule has 0 aromatic heterocycles. The van der Waals surface area contributed by atoms with Crippen molar-refractivity contribution in [1.82, 2.24) is 0 Å². The highest BCUT2D eigenvalue weighted by Crippen LogP contribution is 2.24. The van der Waals surface area contributed by atoms with E-state index in [1.54, 1.807) is 0 Å². The minimum atomic E-state index is -0.0729. The molecule has 0 aliphatic carbocycles. The van der Waals surface area contributed by atoms with Crippen LogP contribution in [0.1, 0.15) is 198 Å². The number of rotatable bonds is 58. The lowest BCUT2D eigenvalue weighted by atomic mass is 9.91. The fraction of sp³-hybridized carbons (Fsp3) is 1.00. The van der Waals surface area contributed by atoms with Gasteiger partial charge in [0.2, 0.25) is 0 Å². The molecule has 0 rings (SSSR count). The van der Waals surface area contributed by atoms with E-state index in [0.717, 1.165) is 61.6 Å². The zero-order valence-electron chi connectivity index (χ0n) is 48.0. The Labute approximate surface area is 434 Å². The van der Waals surface area contributed by atoms with Gasteiger partial charge in [-0.15, -0.1) is 0 Å². The van der Waals surface area contributed by atoms with Crippen molar-refractivity contribution < 1.29 is 52.5 Å². The summed E-state index contributed by atoms with van der Waals surface area (Å²) in [5.74, 6) is 6.40. The minimum Gasteiger partial charge on any atom is -0.394 e. The van der Waals surface area contributed by atoms with E-state index < -0.39 is 0 Å². The molecule has 0 saturated heterocycles. The molecular formula is C59H120O11. The summed E-state index contributed by atoms with van der Waals surface area (Å²) in [4.78, 5) is 0. The quantitative estimate of drug-likeness (QED) is 0.0588. The van der Waals surface area contributed by atoms with E-state index in [1.807, 2.05) is 0 Å². The Hall–Kier alpha value is -0.440. The zero-order chi connectivity index (χ0) is 51.6. The van der Waals surface area contributed by atoms with E-state index in [9.17, 15) is 0 Å². The average molecular weight is 1010 g/mol. The average Bonchev–Trinajstić information content (AvgIpc) is 3.31. The monoisotopic (exact) mass is 1000 g/mol. The number of hydrogen-bond donors (Lipinski definition) is 1. The maximum Gasteiger partial charge on any atom is 0.104 e. The Balaban J connectivity index is 4.33. The van der Waals surface area contributed by atoms with Crippen LogP contribution in [0.4, 0.5) is 0 Å². The van der Waals surface area contributed by atoms with Gasteiger partial charge in [0.05, 0.1) is 119 Å². The molecule has 0 saturated carbocycles. The molecule has 0 radical (unpaired) electrons. The van der Waals surface area contributed by atoms with Crippen LogP contribution in [0.2, 0.25) is 0 Å². The lowest BCUT2D eigenvalue weighted by molar-refractivity contribution is -0.0723. The SMILES string of the molecule is CC(C)CCC[C@H](C)CCC[C@H](C)CCCC(C)CCOC[C@@H](COCCOCCOCCOCCOCCOCCOCCOCCO)OCCC(C)CCC[C@@H](C)CCC[C@@H](C)CCCC(C)C. The Kier molecular flexibility index (Phi) is 53.1. The van der Waals surface area contributed by atoms with Crippen LogP contribution in [-0.4, -0.2) is 143 Å². The van der Waals surface area contributed by atoms with E-state index in [4.69, 9.17) is 52.5 Å². The summed E-state index contributed by atoms with van der Waals surface area (Å²) in [6.07, 6.45) is 26.6. The fourth-order valence-electron chi connectivity index (χ4n) is 8.77. The van der Waals surface area contributed by atoms with Crippen LogP contribution < -0.4 is 0 Å². The van der Waals surface area contributed by atoms with Crippen LogP contribution >= 0.6 is 0 Å². The van der Waals surface area contributed by atoms with E-state index in [-0.39, 0.29) is 12.7 Å². The lowest BCUT2D eigenvalue weighted by Gasteiger charge is -2.21. The third-order valence-corrected chi connectivity index (χ3v) is 13.7. The molecule has 0 aromatic rings. The second-order valence-corrected chi connectivity index (χ2v) is 22.2. The van der Waals surface area contributed by atoms with Gasteiger partial charge in [0.1, 0.15) is 6.10 Å². The highest BCUT2D eigenvalue weighted by molar-refractivity contribution is 4.64. The largest absolute Gasteiger partial charge is 0.394 e. The third kappa shape index (κ3) is 53.8. The highest BCUT2D eigenvalue weighted by Gasteiger charge is 2.14. The normalized spacial score (nSPS) is 15.2. The van der Waals surface area contributed by atoms with Gasteiger partial charge in [-0.3, -0.25) is 0 Å². The minimum absolute atomic E-state index is 0.0281. The van der Waals surface area contributed by atoms with Crippen molar-refractivity contribution >= 4 is 0 Å². The van der Waals surface area contributed by atoms with Crippen molar-refractivity contribution in [2.75, 3.05) is 132 Å². The topological polar surface area (TPSA) is 113 Å². The zero-order valence-corrected chi connectivity index (χ0v) is 48.0. The van der Waals surface area contributed by atoms with Gasteiger partial charge in [-0.2, -0.15) is 0 Å². The molecule has 0 aliphatic heterocycles.